The van der Waals surface area contributed by atoms with E-state index in [1.165, 1.54) is 19.3 Å². The van der Waals surface area contributed by atoms with Crippen molar-refractivity contribution in [2.75, 3.05) is 6.54 Å². The molecule has 0 aromatic carbocycles. The van der Waals surface area contributed by atoms with E-state index in [1.807, 2.05) is 6.92 Å². The molecular weight excluding hydrogens is 227 g/mol. The second-order valence-electron chi connectivity index (χ2n) is 4.61. The molecule has 0 aromatic heterocycles. The molecular formula is C13H26F3N. The van der Waals surface area contributed by atoms with Crippen molar-refractivity contribution in [3.05, 3.63) is 0 Å². The van der Waals surface area contributed by atoms with Gasteiger partial charge in [-0.05, 0) is 19.4 Å². The van der Waals surface area contributed by atoms with E-state index in [0.29, 0.717) is 0 Å². The number of rotatable bonds is 10. The first-order valence-corrected chi connectivity index (χ1v) is 6.79. The molecule has 0 aromatic rings. The summed E-state index contributed by atoms with van der Waals surface area (Å²) in [6.45, 7) is 4.85. The van der Waals surface area contributed by atoms with Crippen molar-refractivity contribution >= 4 is 0 Å². The van der Waals surface area contributed by atoms with Gasteiger partial charge in [-0.1, -0.05) is 46.0 Å². The standard InChI is InChI=1S/C13H26F3N/c1-3-5-6-7-8-9-12(17-4-2)10-11-13(14,15)16/h12,17H,3-11H2,1-2H3. The van der Waals surface area contributed by atoms with Gasteiger partial charge in [0.1, 0.15) is 0 Å². The lowest BCUT2D eigenvalue weighted by molar-refractivity contribution is -0.136. The molecule has 1 atom stereocenters. The normalized spacial score (nSPS) is 13.9. The van der Waals surface area contributed by atoms with E-state index >= 15 is 0 Å². The van der Waals surface area contributed by atoms with Gasteiger partial charge in [0.05, 0.1) is 0 Å². The molecule has 1 unspecified atom stereocenters. The second kappa shape index (κ2) is 9.75. The zero-order chi connectivity index (χ0) is 13.1. The Balaban J connectivity index is 3.67. The first-order valence-electron chi connectivity index (χ1n) is 6.79. The molecule has 1 N–H and O–H groups in total. The third kappa shape index (κ3) is 12.0. The number of hydrogen-bond donors (Lipinski definition) is 1. The first-order chi connectivity index (χ1) is 7.99. The van der Waals surface area contributed by atoms with Crippen molar-refractivity contribution in [2.45, 2.75) is 77.4 Å². The van der Waals surface area contributed by atoms with E-state index < -0.39 is 12.6 Å². The lowest BCUT2D eigenvalue weighted by atomic mass is 10.0. The van der Waals surface area contributed by atoms with E-state index in [9.17, 15) is 13.2 Å². The summed E-state index contributed by atoms with van der Waals surface area (Å²) in [5, 5.41) is 3.15. The van der Waals surface area contributed by atoms with Crippen LogP contribution in [0.25, 0.3) is 0 Å². The van der Waals surface area contributed by atoms with Crippen LogP contribution in [0, 0.1) is 0 Å². The minimum Gasteiger partial charge on any atom is -0.314 e. The summed E-state index contributed by atoms with van der Waals surface area (Å²) >= 11 is 0. The van der Waals surface area contributed by atoms with E-state index in [1.54, 1.807) is 0 Å². The van der Waals surface area contributed by atoms with Gasteiger partial charge >= 0.3 is 6.18 Å². The lowest BCUT2D eigenvalue weighted by Crippen LogP contribution is -2.30. The molecule has 0 saturated heterocycles. The van der Waals surface area contributed by atoms with Gasteiger partial charge in [0.2, 0.25) is 0 Å². The van der Waals surface area contributed by atoms with Crippen LogP contribution >= 0.6 is 0 Å². The summed E-state index contributed by atoms with van der Waals surface area (Å²) < 4.78 is 36.4. The first kappa shape index (κ1) is 16.8. The fourth-order valence-corrected chi connectivity index (χ4v) is 1.97. The molecule has 0 fully saturated rings. The molecule has 0 aliphatic carbocycles. The molecule has 1 nitrogen and oxygen atoms in total. The zero-order valence-corrected chi connectivity index (χ0v) is 11.1. The molecule has 0 spiro atoms. The highest BCUT2D eigenvalue weighted by molar-refractivity contribution is 4.68. The Morgan fingerprint density at radius 3 is 2.12 bits per heavy atom. The largest absolute Gasteiger partial charge is 0.389 e. The lowest BCUT2D eigenvalue weighted by Gasteiger charge is -2.18. The van der Waals surface area contributed by atoms with Crippen LogP contribution in [-0.2, 0) is 0 Å². The van der Waals surface area contributed by atoms with Crippen LogP contribution in [0.5, 0.6) is 0 Å². The van der Waals surface area contributed by atoms with Crippen molar-refractivity contribution in [1.82, 2.24) is 5.32 Å². The Morgan fingerprint density at radius 1 is 0.941 bits per heavy atom. The van der Waals surface area contributed by atoms with Crippen molar-refractivity contribution in [1.29, 1.82) is 0 Å². The predicted molar refractivity (Wildman–Crippen MR) is 66.1 cm³/mol. The van der Waals surface area contributed by atoms with Crippen molar-refractivity contribution in [3.63, 3.8) is 0 Å². The third-order valence-corrected chi connectivity index (χ3v) is 2.93. The van der Waals surface area contributed by atoms with E-state index in [4.69, 9.17) is 0 Å². The number of halogens is 3. The zero-order valence-electron chi connectivity index (χ0n) is 11.1. The highest BCUT2D eigenvalue weighted by Gasteiger charge is 2.27. The van der Waals surface area contributed by atoms with Gasteiger partial charge in [0.25, 0.3) is 0 Å². The van der Waals surface area contributed by atoms with Crippen LogP contribution < -0.4 is 5.32 Å². The molecule has 104 valence electrons. The van der Waals surface area contributed by atoms with E-state index in [-0.39, 0.29) is 12.5 Å². The third-order valence-electron chi connectivity index (χ3n) is 2.93. The smallest absolute Gasteiger partial charge is 0.314 e. The van der Waals surface area contributed by atoms with Crippen LogP contribution in [-0.4, -0.2) is 18.8 Å². The molecule has 0 bridgehead atoms. The Hall–Kier alpha value is -0.250. The van der Waals surface area contributed by atoms with Crippen molar-refractivity contribution < 1.29 is 13.2 Å². The minimum atomic E-state index is -4.02. The van der Waals surface area contributed by atoms with Gasteiger partial charge in [-0.2, -0.15) is 13.2 Å². The Bertz CT molecular complexity index is 169. The monoisotopic (exact) mass is 253 g/mol. The van der Waals surface area contributed by atoms with Gasteiger partial charge in [0, 0.05) is 12.5 Å². The summed E-state index contributed by atoms with van der Waals surface area (Å²) in [6, 6.07) is 0.0308. The molecule has 0 amide bonds. The minimum absolute atomic E-state index is 0.0308. The van der Waals surface area contributed by atoms with Crippen LogP contribution in [0.15, 0.2) is 0 Å². The summed E-state index contributed by atoms with van der Waals surface area (Å²) in [5.74, 6) is 0. The van der Waals surface area contributed by atoms with Crippen molar-refractivity contribution in [2.24, 2.45) is 0 Å². The average molecular weight is 253 g/mol. The molecule has 0 aliphatic heterocycles. The van der Waals surface area contributed by atoms with Crippen LogP contribution in [0.4, 0.5) is 13.2 Å². The fourth-order valence-electron chi connectivity index (χ4n) is 1.97. The Kier molecular flexibility index (Phi) is 9.60. The maximum atomic E-state index is 12.1. The molecule has 0 aliphatic rings. The highest BCUT2D eigenvalue weighted by Crippen LogP contribution is 2.23. The Morgan fingerprint density at radius 2 is 1.59 bits per heavy atom. The maximum absolute atomic E-state index is 12.1. The molecule has 0 saturated carbocycles. The SMILES string of the molecule is CCCCCCCC(CCC(F)(F)F)NCC. The second-order valence-corrected chi connectivity index (χ2v) is 4.61. The highest BCUT2D eigenvalue weighted by atomic mass is 19.4. The van der Waals surface area contributed by atoms with Crippen LogP contribution in [0.2, 0.25) is 0 Å². The van der Waals surface area contributed by atoms with E-state index in [0.717, 1.165) is 25.8 Å². The van der Waals surface area contributed by atoms with Gasteiger partial charge in [-0.15, -0.1) is 0 Å². The number of alkyl halides is 3. The molecule has 17 heavy (non-hydrogen) atoms. The quantitative estimate of drug-likeness (QED) is 0.558. The predicted octanol–water partition coefficient (Wildman–Crippen LogP) is 4.67. The average Bonchev–Trinajstić information content (AvgIpc) is 2.24. The molecule has 0 heterocycles. The summed E-state index contributed by atoms with van der Waals surface area (Å²) in [6.07, 6.45) is 2.21. The number of hydrogen-bond acceptors (Lipinski definition) is 1. The van der Waals surface area contributed by atoms with Gasteiger partial charge < -0.3 is 5.32 Å². The number of unbranched alkanes of at least 4 members (excludes halogenated alkanes) is 4. The van der Waals surface area contributed by atoms with Crippen LogP contribution in [0.1, 0.15) is 65.2 Å². The maximum Gasteiger partial charge on any atom is 0.389 e. The number of nitrogens with one attached hydrogen (secondary N) is 1. The summed E-state index contributed by atoms with van der Waals surface area (Å²) in [7, 11) is 0. The van der Waals surface area contributed by atoms with Gasteiger partial charge in [0.15, 0.2) is 0 Å². The van der Waals surface area contributed by atoms with Crippen LogP contribution in [0.3, 0.4) is 0 Å². The van der Waals surface area contributed by atoms with E-state index in [2.05, 4.69) is 12.2 Å². The molecule has 0 radical (unpaired) electrons. The summed E-state index contributed by atoms with van der Waals surface area (Å²) in [4.78, 5) is 0. The van der Waals surface area contributed by atoms with Gasteiger partial charge in [-0.25, -0.2) is 0 Å². The fraction of sp³-hybridized carbons (Fsp3) is 1.00. The molecule has 0 rings (SSSR count). The van der Waals surface area contributed by atoms with Crippen molar-refractivity contribution in [3.8, 4) is 0 Å². The van der Waals surface area contributed by atoms with Gasteiger partial charge in [-0.3, -0.25) is 0 Å². The summed E-state index contributed by atoms with van der Waals surface area (Å²) in [5.41, 5.74) is 0. The molecule has 4 heteroatoms. The topological polar surface area (TPSA) is 12.0 Å². The Labute approximate surface area is 103 Å².